The summed E-state index contributed by atoms with van der Waals surface area (Å²) in [6.07, 6.45) is 9.55. The molecule has 1 saturated heterocycles. The molecule has 1 aliphatic carbocycles. The van der Waals surface area contributed by atoms with Gasteiger partial charge < -0.3 is 20.1 Å². The topological polar surface area (TPSA) is 54.9 Å². The number of aliphatic imine (C=N–C) groups is 1. The molecule has 1 heterocycles. The van der Waals surface area contributed by atoms with E-state index in [1.54, 1.807) is 0 Å². The number of ether oxygens (including phenoxy) is 2. The van der Waals surface area contributed by atoms with E-state index in [1.807, 2.05) is 18.8 Å². The zero-order valence-corrected chi connectivity index (χ0v) is 18.2. The molecule has 142 valence electrons. The highest BCUT2D eigenvalue weighted by molar-refractivity contribution is 14.0. The Labute approximate surface area is 168 Å². The molecule has 0 bridgehead atoms. The second kappa shape index (κ2) is 13.5. The number of hydrogen-bond donors (Lipinski definition) is 2. The SMILES string of the molecule is CN=C(NCCCOCC1CCOC1)NC1CCCC(SC)C1.I. The summed E-state index contributed by atoms with van der Waals surface area (Å²) in [6.45, 7) is 4.31. The van der Waals surface area contributed by atoms with Crippen molar-refractivity contribution in [2.75, 3.05) is 46.3 Å². The van der Waals surface area contributed by atoms with Gasteiger partial charge in [0.15, 0.2) is 5.96 Å². The van der Waals surface area contributed by atoms with Crippen molar-refractivity contribution in [3.63, 3.8) is 0 Å². The van der Waals surface area contributed by atoms with E-state index in [0.29, 0.717) is 12.0 Å². The lowest BCUT2D eigenvalue weighted by atomic mass is 9.95. The third-order valence-corrected chi connectivity index (χ3v) is 5.75. The third kappa shape index (κ3) is 8.58. The normalized spacial score (nSPS) is 27.6. The van der Waals surface area contributed by atoms with E-state index < -0.39 is 0 Å². The van der Waals surface area contributed by atoms with Gasteiger partial charge >= 0.3 is 0 Å². The van der Waals surface area contributed by atoms with Crippen LogP contribution in [0.3, 0.4) is 0 Å². The van der Waals surface area contributed by atoms with Crippen molar-refractivity contribution >= 4 is 41.7 Å². The summed E-state index contributed by atoms with van der Waals surface area (Å²) in [5.74, 6) is 1.54. The van der Waals surface area contributed by atoms with Gasteiger partial charge in [-0.2, -0.15) is 11.8 Å². The molecule has 2 fully saturated rings. The maximum absolute atomic E-state index is 5.73. The first-order valence-corrected chi connectivity index (χ1v) is 10.3. The van der Waals surface area contributed by atoms with Gasteiger partial charge in [0.25, 0.3) is 0 Å². The quantitative estimate of drug-likeness (QED) is 0.247. The Hall–Kier alpha value is 0.270. The second-order valence-corrected chi connectivity index (χ2v) is 7.66. The number of nitrogens with zero attached hydrogens (tertiary/aromatic N) is 1. The summed E-state index contributed by atoms with van der Waals surface area (Å²) in [4.78, 5) is 4.34. The fourth-order valence-corrected chi connectivity index (χ4v) is 4.05. The molecule has 0 aromatic carbocycles. The van der Waals surface area contributed by atoms with Crippen LogP contribution in [0.1, 0.15) is 38.5 Å². The molecule has 0 aromatic rings. The van der Waals surface area contributed by atoms with Gasteiger partial charge in [0.2, 0.25) is 0 Å². The fourth-order valence-electron chi connectivity index (χ4n) is 3.22. The average Bonchev–Trinajstić information content (AvgIpc) is 3.10. The minimum Gasteiger partial charge on any atom is -0.381 e. The highest BCUT2D eigenvalue weighted by Crippen LogP contribution is 2.26. The van der Waals surface area contributed by atoms with E-state index in [4.69, 9.17) is 9.47 Å². The summed E-state index contributed by atoms with van der Waals surface area (Å²) in [7, 11) is 1.85. The Morgan fingerprint density at radius 3 is 2.92 bits per heavy atom. The number of rotatable bonds is 8. The fraction of sp³-hybridized carbons (Fsp3) is 0.941. The summed E-state index contributed by atoms with van der Waals surface area (Å²) in [6, 6.07) is 0.561. The van der Waals surface area contributed by atoms with Crippen LogP contribution in [0, 0.1) is 5.92 Å². The first-order chi connectivity index (χ1) is 11.3. The van der Waals surface area contributed by atoms with Crippen LogP contribution in [0.25, 0.3) is 0 Å². The second-order valence-electron chi connectivity index (χ2n) is 6.52. The Morgan fingerprint density at radius 2 is 2.21 bits per heavy atom. The molecule has 24 heavy (non-hydrogen) atoms. The molecule has 5 nitrogen and oxygen atoms in total. The molecule has 2 rings (SSSR count). The van der Waals surface area contributed by atoms with Gasteiger partial charge in [-0.15, -0.1) is 24.0 Å². The summed E-state index contributed by atoms with van der Waals surface area (Å²) < 4.78 is 11.1. The van der Waals surface area contributed by atoms with Gasteiger partial charge in [0.05, 0.1) is 13.2 Å². The van der Waals surface area contributed by atoms with E-state index in [1.165, 1.54) is 25.7 Å². The lowest BCUT2D eigenvalue weighted by Gasteiger charge is -2.29. The number of halogens is 1. The zero-order valence-electron chi connectivity index (χ0n) is 15.1. The van der Waals surface area contributed by atoms with Crippen molar-refractivity contribution in [2.24, 2.45) is 10.9 Å². The first kappa shape index (κ1) is 22.3. The van der Waals surface area contributed by atoms with Gasteiger partial charge in [-0.1, -0.05) is 6.42 Å². The predicted molar refractivity (Wildman–Crippen MR) is 114 cm³/mol. The smallest absolute Gasteiger partial charge is 0.191 e. The zero-order chi connectivity index (χ0) is 16.3. The minimum atomic E-state index is 0. The lowest BCUT2D eigenvalue weighted by molar-refractivity contribution is 0.0888. The van der Waals surface area contributed by atoms with Gasteiger partial charge in [-0.3, -0.25) is 4.99 Å². The minimum absolute atomic E-state index is 0. The van der Waals surface area contributed by atoms with Crippen LogP contribution >= 0.6 is 35.7 Å². The molecule has 1 aliphatic heterocycles. The van der Waals surface area contributed by atoms with Gasteiger partial charge in [-0.05, 0) is 38.4 Å². The third-order valence-electron chi connectivity index (χ3n) is 4.66. The van der Waals surface area contributed by atoms with Crippen molar-refractivity contribution in [1.82, 2.24) is 10.6 Å². The van der Waals surface area contributed by atoms with Crippen LogP contribution in [0.5, 0.6) is 0 Å². The van der Waals surface area contributed by atoms with Crippen LogP contribution in [0.15, 0.2) is 4.99 Å². The van der Waals surface area contributed by atoms with Crippen molar-refractivity contribution in [3.05, 3.63) is 0 Å². The molecule has 3 unspecified atom stereocenters. The monoisotopic (exact) mass is 471 g/mol. The predicted octanol–water partition coefficient (Wildman–Crippen LogP) is 2.89. The van der Waals surface area contributed by atoms with Gasteiger partial charge in [-0.25, -0.2) is 0 Å². The number of guanidine groups is 1. The van der Waals surface area contributed by atoms with Gasteiger partial charge in [0, 0.05) is 44.0 Å². The molecule has 1 saturated carbocycles. The highest BCUT2D eigenvalue weighted by atomic mass is 127. The molecule has 0 radical (unpaired) electrons. The van der Waals surface area contributed by atoms with Crippen LogP contribution in [0.2, 0.25) is 0 Å². The Morgan fingerprint density at radius 1 is 1.33 bits per heavy atom. The molecule has 2 aliphatic rings. The maximum atomic E-state index is 5.73. The number of nitrogens with one attached hydrogen (secondary N) is 2. The maximum Gasteiger partial charge on any atom is 0.191 e. The van der Waals surface area contributed by atoms with Crippen LogP contribution in [-0.4, -0.2) is 63.5 Å². The summed E-state index contributed by atoms with van der Waals surface area (Å²) >= 11 is 2.00. The Kier molecular flexibility index (Phi) is 12.5. The molecule has 0 amide bonds. The van der Waals surface area contributed by atoms with E-state index in [0.717, 1.165) is 57.0 Å². The van der Waals surface area contributed by atoms with Crippen LogP contribution < -0.4 is 10.6 Å². The average molecular weight is 471 g/mol. The van der Waals surface area contributed by atoms with Gasteiger partial charge in [0.1, 0.15) is 0 Å². The van der Waals surface area contributed by atoms with Crippen molar-refractivity contribution in [2.45, 2.75) is 49.8 Å². The number of hydrogen-bond acceptors (Lipinski definition) is 4. The van der Waals surface area contributed by atoms with Crippen molar-refractivity contribution < 1.29 is 9.47 Å². The molecule has 7 heteroatoms. The van der Waals surface area contributed by atoms with E-state index in [9.17, 15) is 0 Å². The lowest BCUT2D eigenvalue weighted by Crippen LogP contribution is -2.46. The van der Waals surface area contributed by atoms with Crippen LogP contribution in [-0.2, 0) is 9.47 Å². The van der Waals surface area contributed by atoms with Crippen molar-refractivity contribution in [1.29, 1.82) is 0 Å². The Bertz CT molecular complexity index is 355. The largest absolute Gasteiger partial charge is 0.381 e. The van der Waals surface area contributed by atoms with Crippen LogP contribution in [0.4, 0.5) is 0 Å². The molecule has 0 aromatic heterocycles. The van der Waals surface area contributed by atoms with E-state index in [-0.39, 0.29) is 24.0 Å². The van der Waals surface area contributed by atoms with Crippen molar-refractivity contribution in [3.8, 4) is 0 Å². The Balaban J connectivity index is 0.00000288. The molecular formula is C17H34IN3O2S. The highest BCUT2D eigenvalue weighted by Gasteiger charge is 2.21. The summed E-state index contributed by atoms with van der Waals surface area (Å²) in [5, 5.41) is 7.78. The molecular weight excluding hydrogens is 437 g/mol. The van der Waals surface area contributed by atoms with E-state index in [2.05, 4.69) is 21.9 Å². The van der Waals surface area contributed by atoms with E-state index >= 15 is 0 Å². The first-order valence-electron chi connectivity index (χ1n) is 8.97. The molecule has 3 atom stereocenters. The number of thioether (sulfide) groups is 1. The summed E-state index contributed by atoms with van der Waals surface area (Å²) in [5.41, 5.74) is 0. The molecule has 2 N–H and O–H groups in total. The molecule has 0 spiro atoms. The standard InChI is InChI=1S/C17H33N3O2S.HI/c1-18-17(20-15-5-3-6-16(11-15)23-2)19-8-4-9-21-12-14-7-10-22-13-14;/h14-16H,3-13H2,1-2H3,(H2,18,19,20);1H.